The van der Waals surface area contributed by atoms with E-state index in [4.69, 9.17) is 0 Å². The van der Waals surface area contributed by atoms with Gasteiger partial charge in [0.15, 0.2) is 11.9 Å². The number of nitrogens with one attached hydrogen (secondary N) is 1. The van der Waals surface area contributed by atoms with Gasteiger partial charge in [0, 0.05) is 17.7 Å². The zero-order valence-corrected chi connectivity index (χ0v) is 12.4. The lowest BCUT2D eigenvalue weighted by atomic mass is 10.1. The number of rotatable bonds is 5. The van der Waals surface area contributed by atoms with E-state index in [1.54, 1.807) is 4.52 Å². The van der Waals surface area contributed by atoms with Crippen molar-refractivity contribution in [2.45, 2.75) is 25.5 Å². The Hall–Kier alpha value is -2.73. The fourth-order valence-corrected chi connectivity index (χ4v) is 2.58. The molecule has 0 amide bonds. The van der Waals surface area contributed by atoms with Crippen molar-refractivity contribution in [3.63, 3.8) is 0 Å². The lowest BCUT2D eigenvalue weighted by Gasteiger charge is -2.10. The molecular weight excluding hydrogens is 292 g/mol. The number of carbonyl (C=O) groups is 1. The molecule has 0 aliphatic heterocycles. The molecule has 4 rings (SSSR count). The van der Waals surface area contributed by atoms with E-state index in [1.165, 1.54) is 6.20 Å². The molecule has 1 aliphatic carbocycles. The van der Waals surface area contributed by atoms with Gasteiger partial charge in [-0.15, -0.1) is 0 Å². The van der Waals surface area contributed by atoms with E-state index in [0.717, 1.165) is 41.8 Å². The molecule has 3 aromatic rings. The lowest BCUT2D eigenvalue weighted by Crippen LogP contribution is -2.08. The number of hydrogen-bond acceptors (Lipinski definition) is 5. The lowest BCUT2D eigenvalue weighted by molar-refractivity contribution is 0.112. The standard InChI is InChI=1S/C17H16N4O2/c22-9-11-2-1-3-12(6-11)15-7-16(19-14-4-5-14)21-17(20-15)13(10-23)8-18-21/h1-3,6-8,10,14,19,22H,4-5,9H2. The summed E-state index contributed by atoms with van der Waals surface area (Å²) in [4.78, 5) is 15.8. The second kappa shape index (κ2) is 5.48. The molecule has 1 aliphatic rings. The monoisotopic (exact) mass is 308 g/mol. The van der Waals surface area contributed by atoms with Crippen LogP contribution in [-0.2, 0) is 6.61 Å². The Bertz CT molecular complexity index is 883. The molecule has 0 saturated heterocycles. The maximum Gasteiger partial charge on any atom is 0.168 e. The van der Waals surface area contributed by atoms with Gasteiger partial charge in [-0.3, -0.25) is 4.79 Å². The molecule has 1 aromatic carbocycles. The molecule has 1 saturated carbocycles. The fourth-order valence-electron chi connectivity index (χ4n) is 2.58. The largest absolute Gasteiger partial charge is 0.392 e. The van der Waals surface area contributed by atoms with E-state index >= 15 is 0 Å². The highest BCUT2D eigenvalue weighted by atomic mass is 16.3. The van der Waals surface area contributed by atoms with Gasteiger partial charge in [0.05, 0.1) is 24.1 Å². The SMILES string of the molecule is O=Cc1cnn2c(NC3CC3)cc(-c3cccc(CO)c3)nc12. The highest BCUT2D eigenvalue weighted by molar-refractivity contribution is 5.85. The number of nitrogens with zero attached hydrogens (tertiary/aromatic N) is 3. The molecule has 0 atom stereocenters. The van der Waals surface area contributed by atoms with Gasteiger partial charge in [0.1, 0.15) is 5.82 Å². The number of carbonyl (C=O) groups excluding carboxylic acids is 1. The smallest absolute Gasteiger partial charge is 0.168 e. The first-order chi connectivity index (χ1) is 11.3. The van der Waals surface area contributed by atoms with Crippen LogP contribution in [0.1, 0.15) is 28.8 Å². The molecule has 2 heterocycles. The molecular formula is C17H16N4O2. The quantitative estimate of drug-likeness (QED) is 0.707. The van der Waals surface area contributed by atoms with Crippen molar-refractivity contribution in [2.75, 3.05) is 5.32 Å². The van der Waals surface area contributed by atoms with Crippen molar-refractivity contribution in [1.82, 2.24) is 14.6 Å². The van der Waals surface area contributed by atoms with E-state index in [9.17, 15) is 9.90 Å². The molecule has 2 aromatic heterocycles. The van der Waals surface area contributed by atoms with Crippen LogP contribution in [0.4, 0.5) is 5.82 Å². The third kappa shape index (κ3) is 2.57. The second-order valence-electron chi connectivity index (χ2n) is 5.76. The van der Waals surface area contributed by atoms with E-state index in [0.29, 0.717) is 17.3 Å². The molecule has 6 nitrogen and oxygen atoms in total. The summed E-state index contributed by atoms with van der Waals surface area (Å²) in [7, 11) is 0. The van der Waals surface area contributed by atoms with Gasteiger partial charge in [-0.05, 0) is 24.5 Å². The minimum atomic E-state index is -0.0183. The second-order valence-corrected chi connectivity index (χ2v) is 5.76. The van der Waals surface area contributed by atoms with E-state index < -0.39 is 0 Å². The molecule has 2 N–H and O–H groups in total. The summed E-state index contributed by atoms with van der Waals surface area (Å²) in [6.45, 7) is -0.0183. The summed E-state index contributed by atoms with van der Waals surface area (Å²) in [5.41, 5.74) is 3.47. The van der Waals surface area contributed by atoms with Gasteiger partial charge in [0.2, 0.25) is 0 Å². The molecule has 23 heavy (non-hydrogen) atoms. The summed E-state index contributed by atoms with van der Waals surface area (Å²) >= 11 is 0. The number of aliphatic hydroxyl groups excluding tert-OH is 1. The van der Waals surface area contributed by atoms with E-state index in [2.05, 4.69) is 15.4 Å². The van der Waals surface area contributed by atoms with E-state index in [1.807, 2.05) is 30.3 Å². The molecule has 0 spiro atoms. The summed E-state index contributed by atoms with van der Waals surface area (Å²) in [6, 6.07) is 9.98. The van der Waals surface area contributed by atoms with Crippen LogP contribution in [0, 0.1) is 0 Å². The van der Waals surface area contributed by atoms with E-state index in [-0.39, 0.29) is 6.61 Å². The Morgan fingerprint density at radius 2 is 2.22 bits per heavy atom. The number of aliphatic hydroxyl groups is 1. The Balaban J connectivity index is 1.89. The fraction of sp³-hybridized carbons (Fsp3) is 0.235. The van der Waals surface area contributed by atoms with Crippen molar-refractivity contribution in [1.29, 1.82) is 0 Å². The van der Waals surface area contributed by atoms with Crippen molar-refractivity contribution in [3.8, 4) is 11.3 Å². The van der Waals surface area contributed by atoms with Crippen LogP contribution in [0.3, 0.4) is 0 Å². The summed E-state index contributed by atoms with van der Waals surface area (Å²) < 4.78 is 1.67. The zero-order valence-electron chi connectivity index (χ0n) is 12.4. The van der Waals surface area contributed by atoms with Gasteiger partial charge in [-0.25, -0.2) is 4.98 Å². The summed E-state index contributed by atoms with van der Waals surface area (Å²) in [6.07, 6.45) is 4.58. The summed E-state index contributed by atoms with van der Waals surface area (Å²) in [5.74, 6) is 0.829. The molecule has 1 fully saturated rings. The third-order valence-corrected chi connectivity index (χ3v) is 3.96. The topological polar surface area (TPSA) is 79.5 Å². The van der Waals surface area contributed by atoms with Crippen molar-refractivity contribution >= 4 is 17.8 Å². The van der Waals surface area contributed by atoms with Crippen LogP contribution in [-0.4, -0.2) is 32.0 Å². The maximum absolute atomic E-state index is 11.2. The van der Waals surface area contributed by atoms with Gasteiger partial charge >= 0.3 is 0 Å². The molecule has 0 bridgehead atoms. The van der Waals surface area contributed by atoms with Gasteiger partial charge < -0.3 is 10.4 Å². The van der Waals surface area contributed by atoms with Crippen LogP contribution in [0.5, 0.6) is 0 Å². The summed E-state index contributed by atoms with van der Waals surface area (Å²) in [5, 5.41) is 17.0. The molecule has 116 valence electrons. The maximum atomic E-state index is 11.2. The minimum Gasteiger partial charge on any atom is -0.392 e. The first-order valence-corrected chi connectivity index (χ1v) is 7.59. The van der Waals surface area contributed by atoms with Gasteiger partial charge in [-0.2, -0.15) is 9.61 Å². The Morgan fingerprint density at radius 3 is 2.96 bits per heavy atom. The Kier molecular flexibility index (Phi) is 3.31. The van der Waals surface area contributed by atoms with Crippen LogP contribution in [0.2, 0.25) is 0 Å². The van der Waals surface area contributed by atoms with Crippen LogP contribution in [0.15, 0.2) is 36.5 Å². The Labute approximate surface area is 132 Å². The molecule has 0 radical (unpaired) electrons. The molecule has 6 heteroatoms. The van der Waals surface area contributed by atoms with Crippen molar-refractivity contribution in [2.24, 2.45) is 0 Å². The highest BCUT2D eigenvalue weighted by Gasteiger charge is 2.23. The average molecular weight is 308 g/mol. The highest BCUT2D eigenvalue weighted by Crippen LogP contribution is 2.28. The average Bonchev–Trinajstić information content (AvgIpc) is 3.31. The van der Waals surface area contributed by atoms with Gasteiger partial charge in [0.25, 0.3) is 0 Å². The number of anilines is 1. The predicted molar refractivity (Wildman–Crippen MR) is 86.4 cm³/mol. The third-order valence-electron chi connectivity index (χ3n) is 3.96. The van der Waals surface area contributed by atoms with Crippen LogP contribution in [0.25, 0.3) is 16.9 Å². The predicted octanol–water partition coefficient (Wildman–Crippen LogP) is 2.28. The zero-order chi connectivity index (χ0) is 15.8. The Morgan fingerprint density at radius 1 is 1.35 bits per heavy atom. The van der Waals surface area contributed by atoms with Crippen LogP contribution < -0.4 is 5.32 Å². The number of benzene rings is 1. The van der Waals surface area contributed by atoms with Crippen molar-refractivity contribution < 1.29 is 9.90 Å². The normalized spacial score (nSPS) is 14.1. The number of aldehydes is 1. The first kappa shape index (κ1) is 13.9. The molecule has 0 unspecified atom stereocenters. The van der Waals surface area contributed by atoms with Gasteiger partial charge in [-0.1, -0.05) is 18.2 Å². The number of hydrogen-bond donors (Lipinski definition) is 2. The minimum absolute atomic E-state index is 0.0183. The van der Waals surface area contributed by atoms with Crippen LogP contribution >= 0.6 is 0 Å². The van der Waals surface area contributed by atoms with Crippen molar-refractivity contribution in [3.05, 3.63) is 47.7 Å². The number of aromatic nitrogens is 3. The first-order valence-electron chi connectivity index (χ1n) is 7.59. The number of fused-ring (bicyclic) bond motifs is 1.